The Labute approximate surface area is 267 Å². The van der Waals surface area contributed by atoms with Gasteiger partial charge in [0.05, 0.1) is 43.0 Å². The predicted octanol–water partition coefficient (Wildman–Crippen LogP) is 7.00. The van der Waals surface area contributed by atoms with Crippen LogP contribution in [0.25, 0.3) is 11.1 Å². The lowest BCUT2D eigenvalue weighted by molar-refractivity contribution is -0.0133. The number of ether oxygens (including phenoxy) is 4. The summed E-state index contributed by atoms with van der Waals surface area (Å²) in [7, 11) is 0. The number of benzene rings is 4. The first-order valence-corrected chi connectivity index (χ1v) is 15.9. The van der Waals surface area contributed by atoms with Crippen LogP contribution in [0.3, 0.4) is 0 Å². The van der Waals surface area contributed by atoms with E-state index in [9.17, 15) is 10.2 Å². The first-order chi connectivity index (χ1) is 21.6. The molecular weight excluding hydrogens is 564 g/mol. The highest BCUT2D eigenvalue weighted by Gasteiger charge is 2.46. The highest BCUT2D eigenvalue weighted by Crippen LogP contribution is 2.56. The van der Waals surface area contributed by atoms with Crippen molar-refractivity contribution in [2.45, 2.75) is 71.4 Å². The molecule has 4 unspecified atom stereocenters. The molecule has 0 saturated heterocycles. The average Bonchev–Trinajstić information content (AvgIpc) is 3.32. The zero-order chi connectivity index (χ0) is 32.1. The van der Waals surface area contributed by atoms with E-state index in [1.807, 2.05) is 13.8 Å². The molecule has 0 saturated carbocycles. The highest BCUT2D eigenvalue weighted by atomic mass is 16.5. The standard InChI is InChI=1S/C39H46O6/c1-25-19-31(15-17-37(25)44-23-29(5)42-21-27(3)40)39(35-13-9-7-11-33(35)34-12-8-10-14-36(34)39)32-16-18-38(26(2)20-32)45-24-30(6)43-22-28(4)41/h7-20,27-30,40-41H,21-24H2,1-6H3. The van der Waals surface area contributed by atoms with Gasteiger partial charge in [-0.1, -0.05) is 72.8 Å². The molecule has 4 aromatic carbocycles. The molecule has 2 N–H and O–H groups in total. The van der Waals surface area contributed by atoms with Gasteiger partial charge in [-0.05, 0) is 98.2 Å². The predicted molar refractivity (Wildman–Crippen MR) is 178 cm³/mol. The fourth-order valence-electron chi connectivity index (χ4n) is 6.23. The minimum atomic E-state index is -0.541. The van der Waals surface area contributed by atoms with Gasteiger partial charge in [0.15, 0.2) is 0 Å². The molecule has 0 aliphatic heterocycles. The Kier molecular flexibility index (Phi) is 10.3. The zero-order valence-electron chi connectivity index (χ0n) is 27.2. The molecule has 5 rings (SSSR count). The van der Waals surface area contributed by atoms with Gasteiger partial charge in [-0.15, -0.1) is 0 Å². The van der Waals surface area contributed by atoms with Crippen LogP contribution in [0.1, 0.15) is 61.1 Å². The third kappa shape index (κ3) is 6.95. The van der Waals surface area contributed by atoms with Crippen molar-refractivity contribution in [3.05, 3.63) is 118 Å². The van der Waals surface area contributed by atoms with E-state index in [-0.39, 0.29) is 25.4 Å². The molecule has 0 amide bonds. The lowest BCUT2D eigenvalue weighted by atomic mass is 9.67. The summed E-state index contributed by atoms with van der Waals surface area (Å²) in [6.07, 6.45) is -1.31. The second-order valence-electron chi connectivity index (χ2n) is 12.4. The summed E-state index contributed by atoms with van der Waals surface area (Å²) in [4.78, 5) is 0. The monoisotopic (exact) mass is 610 g/mol. The molecule has 0 radical (unpaired) electrons. The van der Waals surface area contributed by atoms with Crippen LogP contribution in [0.4, 0.5) is 0 Å². The Hall–Kier alpha value is -3.68. The van der Waals surface area contributed by atoms with Crippen LogP contribution in [0, 0.1) is 13.8 Å². The van der Waals surface area contributed by atoms with Crippen LogP contribution < -0.4 is 9.47 Å². The van der Waals surface area contributed by atoms with Gasteiger partial charge in [0, 0.05) is 0 Å². The van der Waals surface area contributed by atoms with Crippen LogP contribution in [0.15, 0.2) is 84.9 Å². The molecule has 238 valence electrons. The van der Waals surface area contributed by atoms with Gasteiger partial charge < -0.3 is 29.2 Å². The van der Waals surface area contributed by atoms with Crippen molar-refractivity contribution in [3.8, 4) is 22.6 Å². The van der Waals surface area contributed by atoms with Crippen LogP contribution in [-0.2, 0) is 14.9 Å². The van der Waals surface area contributed by atoms with Crippen molar-refractivity contribution in [2.75, 3.05) is 26.4 Å². The molecule has 1 aliphatic rings. The summed E-state index contributed by atoms with van der Waals surface area (Å²) in [5, 5.41) is 19.1. The molecular formula is C39H46O6. The summed E-state index contributed by atoms with van der Waals surface area (Å²) in [6.45, 7) is 12.9. The van der Waals surface area contributed by atoms with Gasteiger partial charge in [-0.3, -0.25) is 0 Å². The number of fused-ring (bicyclic) bond motifs is 3. The number of hydrogen-bond donors (Lipinski definition) is 2. The fraction of sp³-hybridized carbons (Fsp3) is 0.385. The number of aliphatic hydroxyl groups is 2. The van der Waals surface area contributed by atoms with Crippen molar-refractivity contribution in [2.24, 2.45) is 0 Å². The first-order valence-electron chi connectivity index (χ1n) is 15.9. The van der Waals surface area contributed by atoms with Gasteiger partial charge in [0.1, 0.15) is 24.7 Å². The molecule has 1 aliphatic carbocycles. The van der Waals surface area contributed by atoms with E-state index in [1.165, 1.54) is 22.3 Å². The van der Waals surface area contributed by atoms with E-state index in [0.29, 0.717) is 13.2 Å². The molecule has 0 heterocycles. The summed E-state index contributed by atoms with van der Waals surface area (Å²) in [5.74, 6) is 1.63. The molecule has 4 aromatic rings. The Morgan fingerprint density at radius 2 is 0.956 bits per heavy atom. The topological polar surface area (TPSA) is 77.4 Å². The van der Waals surface area contributed by atoms with Crippen molar-refractivity contribution in [1.82, 2.24) is 0 Å². The molecule has 0 fully saturated rings. The third-order valence-corrected chi connectivity index (χ3v) is 8.36. The van der Waals surface area contributed by atoms with Gasteiger partial charge >= 0.3 is 0 Å². The van der Waals surface area contributed by atoms with E-state index in [4.69, 9.17) is 18.9 Å². The van der Waals surface area contributed by atoms with Crippen molar-refractivity contribution in [3.63, 3.8) is 0 Å². The molecule has 45 heavy (non-hydrogen) atoms. The van der Waals surface area contributed by atoms with Gasteiger partial charge in [0.2, 0.25) is 0 Å². The molecule has 4 atom stereocenters. The third-order valence-electron chi connectivity index (χ3n) is 8.36. The van der Waals surface area contributed by atoms with Crippen molar-refractivity contribution >= 4 is 0 Å². The lowest BCUT2D eigenvalue weighted by Gasteiger charge is -2.34. The quantitative estimate of drug-likeness (QED) is 0.141. The summed E-state index contributed by atoms with van der Waals surface area (Å²) in [6, 6.07) is 30.4. The van der Waals surface area contributed by atoms with E-state index in [2.05, 4.69) is 98.8 Å². The van der Waals surface area contributed by atoms with Crippen LogP contribution in [-0.4, -0.2) is 61.1 Å². The Bertz CT molecular complexity index is 1470. The smallest absolute Gasteiger partial charge is 0.122 e. The second kappa shape index (κ2) is 14.2. The largest absolute Gasteiger partial charge is 0.491 e. The van der Waals surface area contributed by atoms with Gasteiger partial charge in [0.25, 0.3) is 0 Å². The maximum absolute atomic E-state index is 9.55. The Morgan fingerprint density at radius 1 is 0.556 bits per heavy atom. The number of hydrogen-bond acceptors (Lipinski definition) is 6. The van der Waals surface area contributed by atoms with E-state index in [0.717, 1.165) is 33.8 Å². The van der Waals surface area contributed by atoms with E-state index in [1.54, 1.807) is 13.8 Å². The fourth-order valence-corrected chi connectivity index (χ4v) is 6.23. The van der Waals surface area contributed by atoms with Gasteiger partial charge in [-0.2, -0.15) is 0 Å². The van der Waals surface area contributed by atoms with Gasteiger partial charge in [-0.25, -0.2) is 0 Å². The molecule has 6 nitrogen and oxygen atoms in total. The maximum Gasteiger partial charge on any atom is 0.122 e. The first kappa shape index (κ1) is 32.7. The summed E-state index contributed by atoms with van der Waals surface area (Å²) in [5.41, 5.74) is 8.82. The lowest BCUT2D eigenvalue weighted by Crippen LogP contribution is -2.29. The normalized spacial score (nSPS) is 15.9. The number of aliphatic hydroxyl groups excluding tert-OH is 2. The zero-order valence-corrected chi connectivity index (χ0v) is 27.2. The summed E-state index contributed by atoms with van der Waals surface area (Å²) < 4.78 is 23.8. The molecule has 6 heteroatoms. The molecule has 0 spiro atoms. The molecule has 0 bridgehead atoms. The maximum atomic E-state index is 9.55. The average molecular weight is 611 g/mol. The van der Waals surface area contributed by atoms with Crippen molar-refractivity contribution in [1.29, 1.82) is 0 Å². The minimum absolute atomic E-state index is 0.143. The van der Waals surface area contributed by atoms with E-state index < -0.39 is 17.6 Å². The van der Waals surface area contributed by atoms with Crippen LogP contribution in [0.5, 0.6) is 11.5 Å². The van der Waals surface area contributed by atoms with Crippen molar-refractivity contribution < 1.29 is 29.2 Å². The Morgan fingerprint density at radius 3 is 1.33 bits per heavy atom. The molecule has 0 aromatic heterocycles. The van der Waals surface area contributed by atoms with Crippen LogP contribution in [0.2, 0.25) is 0 Å². The number of aryl methyl sites for hydroxylation is 2. The van der Waals surface area contributed by atoms with Crippen LogP contribution >= 0.6 is 0 Å². The summed E-state index contributed by atoms with van der Waals surface area (Å²) >= 11 is 0. The highest BCUT2D eigenvalue weighted by molar-refractivity contribution is 5.86. The van der Waals surface area contributed by atoms with E-state index >= 15 is 0 Å². The number of rotatable bonds is 14. The Balaban J connectivity index is 1.53. The SMILES string of the molecule is Cc1cc(C2(c3ccc(OCC(C)OCC(C)O)c(C)c3)c3ccccc3-c3ccccc32)ccc1OCC(C)OCC(C)O. The second-order valence-corrected chi connectivity index (χ2v) is 12.4. The minimum Gasteiger partial charge on any atom is -0.491 e.